The summed E-state index contributed by atoms with van der Waals surface area (Å²) in [6.45, 7) is 7.23. The smallest absolute Gasteiger partial charge is 0.0956 e. The van der Waals surface area contributed by atoms with Crippen molar-refractivity contribution in [3.05, 3.63) is 29.5 Å². The molecule has 0 atom stereocenters. The third kappa shape index (κ3) is 1.83. The molecule has 0 fully saturated rings. The molecule has 0 saturated heterocycles. The number of para-hydroxylation sites is 1. The zero-order valence-electron chi connectivity index (χ0n) is 10.2. The lowest BCUT2D eigenvalue weighted by Crippen LogP contribution is -2.12. The monoisotopic (exact) mass is 217 g/mol. The van der Waals surface area contributed by atoms with Gasteiger partial charge in [-0.05, 0) is 18.5 Å². The van der Waals surface area contributed by atoms with Gasteiger partial charge in [0, 0.05) is 16.5 Å². The number of hydrogen-bond donors (Lipinski definition) is 2. The van der Waals surface area contributed by atoms with Crippen LogP contribution in [-0.2, 0) is 11.8 Å². The second kappa shape index (κ2) is 3.91. The molecule has 0 aliphatic heterocycles. The standard InChI is InChI=1S/C13H19N3/c1-13(2,3)12-10-6-4-5-9(7-8-14)11(10)15-16-12/h4-6H,7-8,14H2,1-3H3,(H,15,16). The molecule has 16 heavy (non-hydrogen) atoms. The summed E-state index contributed by atoms with van der Waals surface area (Å²) in [5, 5.41) is 8.81. The fourth-order valence-electron chi connectivity index (χ4n) is 2.03. The minimum atomic E-state index is 0.0933. The predicted octanol–water partition coefficient (Wildman–Crippen LogP) is 2.36. The molecule has 0 aliphatic carbocycles. The van der Waals surface area contributed by atoms with Gasteiger partial charge in [-0.2, -0.15) is 5.10 Å². The molecule has 0 saturated carbocycles. The molecule has 0 unspecified atom stereocenters. The first-order valence-electron chi connectivity index (χ1n) is 5.70. The van der Waals surface area contributed by atoms with Crippen molar-refractivity contribution in [2.24, 2.45) is 5.73 Å². The van der Waals surface area contributed by atoms with Crippen LogP contribution in [0.2, 0.25) is 0 Å². The van der Waals surface area contributed by atoms with Crippen LogP contribution in [0, 0.1) is 0 Å². The fraction of sp³-hybridized carbons (Fsp3) is 0.462. The van der Waals surface area contributed by atoms with Crippen molar-refractivity contribution in [1.29, 1.82) is 0 Å². The first kappa shape index (κ1) is 11.1. The van der Waals surface area contributed by atoms with E-state index in [0.717, 1.165) is 11.9 Å². The Balaban J connectivity index is 2.62. The number of nitrogens with two attached hydrogens (primary N) is 1. The number of fused-ring (bicyclic) bond motifs is 1. The summed E-state index contributed by atoms with van der Waals surface area (Å²) in [5.41, 5.74) is 9.19. The molecule has 0 aliphatic rings. The van der Waals surface area contributed by atoms with Gasteiger partial charge in [-0.1, -0.05) is 39.0 Å². The number of nitrogens with zero attached hydrogens (tertiary/aromatic N) is 1. The van der Waals surface area contributed by atoms with E-state index in [4.69, 9.17) is 5.73 Å². The fourth-order valence-corrected chi connectivity index (χ4v) is 2.03. The predicted molar refractivity (Wildman–Crippen MR) is 67.6 cm³/mol. The molecular weight excluding hydrogens is 198 g/mol. The van der Waals surface area contributed by atoms with E-state index in [-0.39, 0.29) is 5.41 Å². The van der Waals surface area contributed by atoms with E-state index in [1.54, 1.807) is 0 Å². The number of aromatic nitrogens is 2. The van der Waals surface area contributed by atoms with Gasteiger partial charge in [0.1, 0.15) is 0 Å². The van der Waals surface area contributed by atoms with Crippen LogP contribution in [0.5, 0.6) is 0 Å². The Labute approximate surface area is 96.0 Å². The number of hydrogen-bond acceptors (Lipinski definition) is 2. The molecule has 0 radical (unpaired) electrons. The average molecular weight is 217 g/mol. The molecule has 3 nitrogen and oxygen atoms in total. The SMILES string of the molecule is CC(C)(C)c1[nH]nc2c(CCN)cccc12. The van der Waals surface area contributed by atoms with Crippen molar-refractivity contribution in [1.82, 2.24) is 10.2 Å². The molecule has 2 rings (SSSR count). The van der Waals surface area contributed by atoms with E-state index in [9.17, 15) is 0 Å². The van der Waals surface area contributed by atoms with Gasteiger partial charge < -0.3 is 5.73 Å². The zero-order chi connectivity index (χ0) is 11.8. The molecule has 3 N–H and O–H groups in total. The summed E-state index contributed by atoms with van der Waals surface area (Å²) in [6.07, 6.45) is 0.881. The molecule has 1 heterocycles. The Bertz CT molecular complexity index is 491. The van der Waals surface area contributed by atoms with Gasteiger partial charge in [0.2, 0.25) is 0 Å². The van der Waals surface area contributed by atoms with E-state index >= 15 is 0 Å². The summed E-state index contributed by atoms with van der Waals surface area (Å²) < 4.78 is 0. The molecule has 3 heteroatoms. The highest BCUT2D eigenvalue weighted by molar-refractivity contribution is 5.85. The van der Waals surface area contributed by atoms with Crippen molar-refractivity contribution >= 4 is 10.9 Å². The molecule has 0 amide bonds. The zero-order valence-corrected chi connectivity index (χ0v) is 10.2. The highest BCUT2D eigenvalue weighted by atomic mass is 15.1. The van der Waals surface area contributed by atoms with Gasteiger partial charge in [0.05, 0.1) is 5.52 Å². The summed E-state index contributed by atoms with van der Waals surface area (Å²) >= 11 is 0. The second-order valence-corrected chi connectivity index (χ2v) is 5.20. The highest BCUT2D eigenvalue weighted by Gasteiger charge is 2.20. The van der Waals surface area contributed by atoms with Gasteiger partial charge in [0.15, 0.2) is 0 Å². The van der Waals surface area contributed by atoms with E-state index in [0.29, 0.717) is 6.54 Å². The van der Waals surface area contributed by atoms with Crippen molar-refractivity contribution in [3.63, 3.8) is 0 Å². The van der Waals surface area contributed by atoms with Crippen LogP contribution in [0.1, 0.15) is 32.0 Å². The molecular formula is C13H19N3. The third-order valence-corrected chi connectivity index (χ3v) is 2.83. The van der Waals surface area contributed by atoms with Crippen molar-refractivity contribution in [3.8, 4) is 0 Å². The van der Waals surface area contributed by atoms with E-state index in [1.807, 2.05) is 0 Å². The molecule has 0 spiro atoms. The molecule has 1 aromatic carbocycles. The van der Waals surface area contributed by atoms with Crippen molar-refractivity contribution in [2.75, 3.05) is 6.54 Å². The van der Waals surface area contributed by atoms with E-state index in [2.05, 4.69) is 49.2 Å². The van der Waals surface area contributed by atoms with Crippen LogP contribution in [0.3, 0.4) is 0 Å². The average Bonchev–Trinajstić information content (AvgIpc) is 2.62. The molecule has 86 valence electrons. The largest absolute Gasteiger partial charge is 0.330 e. The third-order valence-electron chi connectivity index (χ3n) is 2.83. The number of benzene rings is 1. The second-order valence-electron chi connectivity index (χ2n) is 5.20. The summed E-state index contributed by atoms with van der Waals surface area (Å²) in [7, 11) is 0. The number of nitrogens with one attached hydrogen (secondary N) is 1. The molecule has 0 bridgehead atoms. The maximum Gasteiger partial charge on any atom is 0.0956 e. The molecule has 2 aromatic rings. The van der Waals surface area contributed by atoms with Crippen molar-refractivity contribution in [2.45, 2.75) is 32.6 Å². The normalized spacial score (nSPS) is 12.2. The summed E-state index contributed by atoms with van der Waals surface area (Å²) in [4.78, 5) is 0. The van der Waals surface area contributed by atoms with Crippen LogP contribution >= 0.6 is 0 Å². The van der Waals surface area contributed by atoms with Crippen LogP contribution in [0.25, 0.3) is 10.9 Å². The number of H-pyrrole nitrogens is 1. The minimum Gasteiger partial charge on any atom is -0.330 e. The number of rotatable bonds is 2. The van der Waals surface area contributed by atoms with Crippen LogP contribution < -0.4 is 5.73 Å². The van der Waals surface area contributed by atoms with E-state index < -0.39 is 0 Å². The Kier molecular flexibility index (Phi) is 2.72. The van der Waals surface area contributed by atoms with Gasteiger partial charge in [-0.25, -0.2) is 0 Å². The van der Waals surface area contributed by atoms with Crippen LogP contribution in [-0.4, -0.2) is 16.7 Å². The summed E-state index contributed by atoms with van der Waals surface area (Å²) in [6, 6.07) is 6.31. The molecule has 1 aromatic heterocycles. The lowest BCUT2D eigenvalue weighted by molar-refractivity contribution is 0.571. The Morgan fingerprint density at radius 2 is 2.06 bits per heavy atom. The van der Waals surface area contributed by atoms with E-state index in [1.165, 1.54) is 16.6 Å². The Morgan fingerprint density at radius 1 is 1.31 bits per heavy atom. The lowest BCUT2D eigenvalue weighted by atomic mass is 9.89. The maximum absolute atomic E-state index is 5.61. The van der Waals surface area contributed by atoms with Crippen LogP contribution in [0.15, 0.2) is 18.2 Å². The Hall–Kier alpha value is -1.35. The van der Waals surface area contributed by atoms with Gasteiger partial charge in [-0.15, -0.1) is 0 Å². The lowest BCUT2D eigenvalue weighted by Gasteiger charge is -2.16. The number of aromatic amines is 1. The van der Waals surface area contributed by atoms with Gasteiger partial charge in [0.25, 0.3) is 0 Å². The van der Waals surface area contributed by atoms with Crippen molar-refractivity contribution < 1.29 is 0 Å². The van der Waals surface area contributed by atoms with Gasteiger partial charge >= 0.3 is 0 Å². The quantitative estimate of drug-likeness (QED) is 0.811. The first-order valence-corrected chi connectivity index (χ1v) is 5.70. The minimum absolute atomic E-state index is 0.0933. The topological polar surface area (TPSA) is 54.7 Å². The van der Waals surface area contributed by atoms with Gasteiger partial charge in [-0.3, -0.25) is 5.10 Å². The Morgan fingerprint density at radius 3 is 2.69 bits per heavy atom. The summed E-state index contributed by atoms with van der Waals surface area (Å²) in [5.74, 6) is 0. The first-order chi connectivity index (χ1) is 7.54. The highest BCUT2D eigenvalue weighted by Crippen LogP contribution is 2.29. The maximum atomic E-state index is 5.61. The van der Waals surface area contributed by atoms with Crippen LogP contribution in [0.4, 0.5) is 0 Å².